The molecule has 4 N–H and O–H groups in total. The number of nitrogen functional groups attached to an aromatic ring is 1. The molecule has 0 spiro atoms. The van der Waals surface area contributed by atoms with Gasteiger partial charge in [0, 0.05) is 11.8 Å². The molecule has 4 heteroatoms. The second-order valence-electron chi connectivity index (χ2n) is 5.23. The van der Waals surface area contributed by atoms with Crippen LogP contribution in [-0.4, -0.2) is 12.0 Å². The van der Waals surface area contributed by atoms with Gasteiger partial charge in [-0.1, -0.05) is 13.3 Å². The lowest BCUT2D eigenvalue weighted by molar-refractivity contribution is 0.0863. The molecule has 1 aliphatic rings. The molecular formula is C15H22N2O2. The summed E-state index contributed by atoms with van der Waals surface area (Å²) < 4.78 is 6.05. The maximum atomic E-state index is 11.4. The molecule has 2 atom stereocenters. The van der Waals surface area contributed by atoms with E-state index < -0.39 is 5.91 Å². The van der Waals surface area contributed by atoms with Gasteiger partial charge in [0.15, 0.2) is 0 Å². The second-order valence-corrected chi connectivity index (χ2v) is 5.23. The van der Waals surface area contributed by atoms with Crippen LogP contribution >= 0.6 is 0 Å². The summed E-state index contributed by atoms with van der Waals surface area (Å²) in [7, 11) is 0. The Kier molecular flexibility index (Phi) is 4.30. The van der Waals surface area contributed by atoms with Crippen molar-refractivity contribution in [2.24, 2.45) is 11.7 Å². The van der Waals surface area contributed by atoms with E-state index in [0.717, 1.165) is 12.8 Å². The smallest absolute Gasteiger partial charge is 0.252 e. The molecule has 2 unspecified atom stereocenters. The van der Waals surface area contributed by atoms with Crippen molar-refractivity contribution in [3.63, 3.8) is 0 Å². The number of carbonyl (C=O) groups excluding carboxylic acids is 1. The van der Waals surface area contributed by atoms with Gasteiger partial charge in [-0.25, -0.2) is 0 Å². The quantitative estimate of drug-likeness (QED) is 0.819. The van der Waals surface area contributed by atoms with E-state index in [1.54, 1.807) is 18.2 Å². The Hall–Kier alpha value is -1.71. The maximum absolute atomic E-state index is 11.4. The highest BCUT2D eigenvalue weighted by Gasteiger charge is 2.26. The van der Waals surface area contributed by atoms with Gasteiger partial charge in [-0.3, -0.25) is 4.79 Å². The zero-order valence-electron chi connectivity index (χ0n) is 11.4. The van der Waals surface area contributed by atoms with Crippen molar-refractivity contribution in [3.8, 4) is 5.75 Å². The summed E-state index contributed by atoms with van der Waals surface area (Å²) in [4.78, 5) is 11.4. The Morgan fingerprint density at radius 3 is 2.79 bits per heavy atom. The molecule has 1 aliphatic carbocycles. The number of primary amides is 1. The third-order valence-electron chi connectivity index (χ3n) is 3.91. The van der Waals surface area contributed by atoms with Crippen LogP contribution in [0.3, 0.4) is 0 Å². The predicted molar refractivity (Wildman–Crippen MR) is 76.0 cm³/mol. The minimum Gasteiger partial charge on any atom is -0.489 e. The van der Waals surface area contributed by atoms with Crippen LogP contribution in [0.4, 0.5) is 5.69 Å². The molecule has 0 aromatic heterocycles. The lowest BCUT2D eigenvalue weighted by Crippen LogP contribution is -2.30. The summed E-state index contributed by atoms with van der Waals surface area (Å²) in [6.45, 7) is 2.18. The van der Waals surface area contributed by atoms with Gasteiger partial charge in [0.2, 0.25) is 0 Å². The second kappa shape index (κ2) is 5.95. The summed E-state index contributed by atoms with van der Waals surface area (Å²) in [6.07, 6.45) is 5.92. The number of hydrogen-bond donors (Lipinski definition) is 2. The minimum atomic E-state index is -0.473. The Balaban J connectivity index is 2.21. The van der Waals surface area contributed by atoms with E-state index in [1.807, 2.05) is 0 Å². The van der Waals surface area contributed by atoms with Crippen LogP contribution in [0.25, 0.3) is 0 Å². The number of hydrogen-bond acceptors (Lipinski definition) is 3. The van der Waals surface area contributed by atoms with Gasteiger partial charge < -0.3 is 16.2 Å². The molecule has 2 rings (SSSR count). The zero-order chi connectivity index (χ0) is 13.8. The predicted octanol–water partition coefficient (Wildman–Crippen LogP) is 2.72. The lowest BCUT2D eigenvalue weighted by Gasteiger charge is -2.31. The van der Waals surface area contributed by atoms with E-state index in [9.17, 15) is 4.79 Å². The van der Waals surface area contributed by atoms with Crippen molar-refractivity contribution in [2.75, 3.05) is 5.73 Å². The first-order valence-electron chi connectivity index (χ1n) is 6.97. The lowest BCUT2D eigenvalue weighted by atomic mass is 9.84. The average Bonchev–Trinajstić information content (AvgIpc) is 2.39. The summed E-state index contributed by atoms with van der Waals surface area (Å²) in [5, 5.41) is 0. The molecule has 19 heavy (non-hydrogen) atoms. The van der Waals surface area contributed by atoms with Crippen molar-refractivity contribution in [2.45, 2.75) is 45.1 Å². The highest BCUT2D eigenvalue weighted by Crippen LogP contribution is 2.32. The van der Waals surface area contributed by atoms with Crippen molar-refractivity contribution >= 4 is 11.6 Å². The highest BCUT2D eigenvalue weighted by molar-refractivity contribution is 5.96. The monoisotopic (exact) mass is 262 g/mol. The summed E-state index contributed by atoms with van der Waals surface area (Å²) in [5.41, 5.74) is 12.1. The molecule has 0 saturated heterocycles. The largest absolute Gasteiger partial charge is 0.489 e. The van der Waals surface area contributed by atoms with E-state index in [0.29, 0.717) is 22.9 Å². The molecule has 1 aromatic carbocycles. The van der Waals surface area contributed by atoms with Crippen LogP contribution in [0.15, 0.2) is 18.2 Å². The van der Waals surface area contributed by atoms with Crippen molar-refractivity contribution < 1.29 is 9.53 Å². The summed E-state index contributed by atoms with van der Waals surface area (Å²) in [6, 6.07) is 5.00. The van der Waals surface area contributed by atoms with Crippen molar-refractivity contribution in [3.05, 3.63) is 23.8 Å². The van der Waals surface area contributed by atoms with Gasteiger partial charge in [0.1, 0.15) is 11.9 Å². The third-order valence-corrected chi connectivity index (χ3v) is 3.91. The van der Waals surface area contributed by atoms with Crippen LogP contribution in [0.1, 0.15) is 49.4 Å². The van der Waals surface area contributed by atoms with Gasteiger partial charge in [0.05, 0.1) is 5.56 Å². The normalized spacial score (nSPS) is 23.0. The maximum Gasteiger partial charge on any atom is 0.252 e. The number of rotatable bonds is 4. The minimum absolute atomic E-state index is 0.165. The fourth-order valence-corrected chi connectivity index (χ4v) is 2.80. The first-order valence-corrected chi connectivity index (χ1v) is 6.97. The molecule has 1 saturated carbocycles. The molecule has 1 fully saturated rings. The SMILES string of the molecule is CCC1CCCCC1Oc1cc(N)ccc1C(N)=O. The fraction of sp³-hybridized carbons (Fsp3) is 0.533. The Morgan fingerprint density at radius 2 is 2.11 bits per heavy atom. The zero-order valence-corrected chi connectivity index (χ0v) is 11.4. The van der Waals surface area contributed by atoms with Crippen LogP contribution < -0.4 is 16.2 Å². The standard InChI is InChI=1S/C15H22N2O2/c1-2-10-5-3-4-6-13(10)19-14-9-11(16)7-8-12(14)15(17)18/h7-10,13H,2-6,16H2,1H3,(H2,17,18). The first-order chi connectivity index (χ1) is 9.11. The molecule has 1 aromatic rings. The molecular weight excluding hydrogens is 240 g/mol. The molecule has 104 valence electrons. The molecule has 1 amide bonds. The van der Waals surface area contributed by atoms with Gasteiger partial charge in [-0.15, -0.1) is 0 Å². The molecule has 4 nitrogen and oxygen atoms in total. The fourth-order valence-electron chi connectivity index (χ4n) is 2.80. The van der Waals surface area contributed by atoms with Crippen LogP contribution in [0.5, 0.6) is 5.75 Å². The average molecular weight is 262 g/mol. The van der Waals surface area contributed by atoms with Gasteiger partial charge >= 0.3 is 0 Å². The number of ether oxygens (including phenoxy) is 1. The number of amides is 1. The van der Waals surface area contributed by atoms with Crippen LogP contribution in [-0.2, 0) is 0 Å². The molecule has 0 heterocycles. The molecule has 0 radical (unpaired) electrons. The van der Waals surface area contributed by atoms with E-state index in [1.165, 1.54) is 19.3 Å². The van der Waals surface area contributed by atoms with E-state index >= 15 is 0 Å². The summed E-state index contributed by atoms with van der Waals surface area (Å²) in [5.74, 6) is 0.604. The number of anilines is 1. The third kappa shape index (κ3) is 3.19. The Labute approximate surface area is 114 Å². The van der Waals surface area contributed by atoms with Gasteiger partial charge in [-0.2, -0.15) is 0 Å². The highest BCUT2D eigenvalue weighted by atomic mass is 16.5. The van der Waals surface area contributed by atoms with Gasteiger partial charge in [0.25, 0.3) is 5.91 Å². The number of carbonyl (C=O) groups is 1. The topological polar surface area (TPSA) is 78.3 Å². The Bertz CT molecular complexity index is 459. The van der Waals surface area contributed by atoms with Crippen molar-refractivity contribution in [1.82, 2.24) is 0 Å². The number of benzene rings is 1. The van der Waals surface area contributed by atoms with Crippen LogP contribution in [0, 0.1) is 5.92 Å². The van der Waals surface area contributed by atoms with E-state index in [2.05, 4.69) is 6.92 Å². The van der Waals surface area contributed by atoms with Crippen LogP contribution in [0.2, 0.25) is 0 Å². The van der Waals surface area contributed by atoms with Crippen molar-refractivity contribution in [1.29, 1.82) is 0 Å². The van der Waals surface area contributed by atoms with E-state index in [4.69, 9.17) is 16.2 Å². The molecule has 0 aliphatic heterocycles. The molecule has 0 bridgehead atoms. The number of nitrogens with two attached hydrogens (primary N) is 2. The summed E-state index contributed by atoms with van der Waals surface area (Å²) >= 11 is 0. The Morgan fingerprint density at radius 1 is 1.37 bits per heavy atom. The first kappa shape index (κ1) is 13.7. The van der Waals surface area contributed by atoms with Gasteiger partial charge in [-0.05, 0) is 43.7 Å². The van der Waals surface area contributed by atoms with E-state index in [-0.39, 0.29) is 6.10 Å².